The van der Waals surface area contributed by atoms with E-state index in [0.29, 0.717) is 12.8 Å². The van der Waals surface area contributed by atoms with E-state index in [-0.39, 0.29) is 18.4 Å². The van der Waals surface area contributed by atoms with Crippen LogP contribution in [0, 0.1) is 11.8 Å². The van der Waals surface area contributed by atoms with Gasteiger partial charge in [-0.2, -0.15) is 24.5 Å². The van der Waals surface area contributed by atoms with Gasteiger partial charge in [-0.15, -0.1) is 0 Å². The molecule has 1 saturated carbocycles. The van der Waals surface area contributed by atoms with Crippen LogP contribution in [-0.4, -0.2) is 13.2 Å². The van der Waals surface area contributed by atoms with Gasteiger partial charge in [-0.25, -0.2) is 0 Å². The largest absolute Gasteiger partial charge is 0.392 e. The van der Waals surface area contributed by atoms with E-state index >= 15 is 0 Å². The normalized spacial score (nSPS) is 27.1. The molecule has 18 heavy (non-hydrogen) atoms. The molecule has 0 amide bonds. The third kappa shape index (κ3) is 2.88. The van der Waals surface area contributed by atoms with Crippen molar-refractivity contribution in [2.45, 2.75) is 37.9 Å². The van der Waals surface area contributed by atoms with Gasteiger partial charge in [0.2, 0.25) is 0 Å². The van der Waals surface area contributed by atoms with Crippen molar-refractivity contribution in [3.8, 4) is 0 Å². The van der Waals surface area contributed by atoms with Crippen LogP contribution >= 0.6 is 11.3 Å². The molecule has 5 heteroatoms. The van der Waals surface area contributed by atoms with Crippen LogP contribution in [-0.2, 0) is 0 Å². The van der Waals surface area contributed by atoms with Crippen molar-refractivity contribution < 1.29 is 13.2 Å². The molecule has 0 aliphatic heterocycles. The lowest BCUT2D eigenvalue weighted by Crippen LogP contribution is -2.39. The van der Waals surface area contributed by atoms with E-state index < -0.39 is 12.1 Å². The summed E-state index contributed by atoms with van der Waals surface area (Å²) in [6.45, 7) is 0. The van der Waals surface area contributed by atoms with Crippen molar-refractivity contribution >= 4 is 11.3 Å². The quantitative estimate of drug-likeness (QED) is 0.864. The van der Waals surface area contributed by atoms with Gasteiger partial charge in [0, 0.05) is 6.04 Å². The van der Waals surface area contributed by atoms with Crippen LogP contribution < -0.4 is 5.32 Å². The van der Waals surface area contributed by atoms with Gasteiger partial charge >= 0.3 is 6.18 Å². The second-order valence-electron chi connectivity index (χ2n) is 4.92. The highest BCUT2D eigenvalue weighted by molar-refractivity contribution is 7.07. The average Bonchev–Trinajstić information content (AvgIpc) is 2.83. The molecule has 1 aliphatic rings. The summed E-state index contributed by atoms with van der Waals surface area (Å²) in [5, 5.41) is 6.95. The Morgan fingerprint density at radius 3 is 2.61 bits per heavy atom. The Bertz CT molecular complexity index is 361. The van der Waals surface area contributed by atoms with Gasteiger partial charge in [0.1, 0.15) is 0 Å². The van der Waals surface area contributed by atoms with E-state index in [1.54, 1.807) is 7.05 Å². The molecule has 1 aliphatic carbocycles. The third-order valence-electron chi connectivity index (χ3n) is 3.88. The molecule has 1 aromatic rings. The summed E-state index contributed by atoms with van der Waals surface area (Å²) in [5.41, 5.74) is 0.989. The summed E-state index contributed by atoms with van der Waals surface area (Å²) in [4.78, 5) is 0. The zero-order chi connectivity index (χ0) is 13.2. The Labute approximate surface area is 109 Å². The van der Waals surface area contributed by atoms with E-state index in [1.807, 2.05) is 16.8 Å². The summed E-state index contributed by atoms with van der Waals surface area (Å²) >= 11 is 1.53. The van der Waals surface area contributed by atoms with Crippen molar-refractivity contribution in [1.29, 1.82) is 0 Å². The lowest BCUT2D eigenvalue weighted by molar-refractivity contribution is -0.199. The second-order valence-corrected chi connectivity index (χ2v) is 5.70. The number of thiophene rings is 1. The number of hydrogen-bond acceptors (Lipinski definition) is 2. The van der Waals surface area contributed by atoms with Crippen LogP contribution in [0.15, 0.2) is 16.8 Å². The first kappa shape index (κ1) is 13.9. The van der Waals surface area contributed by atoms with Gasteiger partial charge in [-0.1, -0.05) is 12.8 Å². The first-order chi connectivity index (χ1) is 8.54. The fraction of sp³-hybridized carbons (Fsp3) is 0.692. The SMILES string of the molecule is CNC(c1ccsc1)C1CCCCC1C(F)(F)F. The molecule has 0 bridgehead atoms. The number of hydrogen-bond donors (Lipinski definition) is 1. The van der Waals surface area contributed by atoms with Crippen LogP contribution in [0.3, 0.4) is 0 Å². The van der Waals surface area contributed by atoms with Gasteiger partial charge in [0.15, 0.2) is 0 Å². The number of rotatable bonds is 3. The predicted octanol–water partition coefficient (Wildman–Crippen LogP) is 4.38. The van der Waals surface area contributed by atoms with Crippen LogP contribution in [0.5, 0.6) is 0 Å². The van der Waals surface area contributed by atoms with E-state index in [4.69, 9.17) is 0 Å². The highest BCUT2D eigenvalue weighted by Gasteiger charge is 2.47. The molecular weight excluding hydrogens is 259 g/mol. The number of alkyl halides is 3. The van der Waals surface area contributed by atoms with E-state index in [1.165, 1.54) is 11.3 Å². The Balaban J connectivity index is 2.22. The number of halogens is 3. The Morgan fingerprint density at radius 2 is 2.06 bits per heavy atom. The van der Waals surface area contributed by atoms with Gasteiger partial charge in [-0.05, 0) is 48.2 Å². The van der Waals surface area contributed by atoms with Gasteiger partial charge in [0.25, 0.3) is 0 Å². The number of nitrogens with one attached hydrogen (secondary N) is 1. The van der Waals surface area contributed by atoms with E-state index in [9.17, 15) is 13.2 Å². The van der Waals surface area contributed by atoms with Crippen LogP contribution in [0.25, 0.3) is 0 Å². The van der Waals surface area contributed by atoms with Crippen molar-refractivity contribution in [2.24, 2.45) is 11.8 Å². The van der Waals surface area contributed by atoms with Crippen molar-refractivity contribution in [2.75, 3.05) is 7.05 Å². The summed E-state index contributed by atoms with van der Waals surface area (Å²) in [6, 6.07) is 1.75. The smallest absolute Gasteiger partial charge is 0.313 e. The third-order valence-corrected chi connectivity index (χ3v) is 4.58. The van der Waals surface area contributed by atoms with Gasteiger partial charge < -0.3 is 5.32 Å². The van der Waals surface area contributed by atoms with Crippen molar-refractivity contribution in [3.63, 3.8) is 0 Å². The molecule has 3 unspecified atom stereocenters. The van der Waals surface area contributed by atoms with Crippen LogP contribution in [0.4, 0.5) is 13.2 Å². The molecule has 0 spiro atoms. The molecule has 2 rings (SSSR count). The Morgan fingerprint density at radius 1 is 1.33 bits per heavy atom. The lowest BCUT2D eigenvalue weighted by atomic mass is 9.73. The maximum Gasteiger partial charge on any atom is 0.392 e. The molecule has 3 atom stereocenters. The van der Waals surface area contributed by atoms with Crippen molar-refractivity contribution in [1.82, 2.24) is 5.32 Å². The minimum Gasteiger partial charge on any atom is -0.313 e. The fourth-order valence-electron chi connectivity index (χ4n) is 3.04. The summed E-state index contributed by atoms with van der Waals surface area (Å²) < 4.78 is 39.3. The molecule has 0 aromatic carbocycles. The minimum atomic E-state index is -4.07. The van der Waals surface area contributed by atoms with Crippen molar-refractivity contribution in [3.05, 3.63) is 22.4 Å². The molecule has 1 aromatic heterocycles. The Kier molecular flexibility index (Phi) is 4.33. The summed E-state index contributed by atoms with van der Waals surface area (Å²) in [6.07, 6.45) is -1.54. The summed E-state index contributed by atoms with van der Waals surface area (Å²) in [7, 11) is 1.75. The first-order valence-electron chi connectivity index (χ1n) is 6.30. The van der Waals surface area contributed by atoms with E-state index in [2.05, 4.69) is 5.32 Å². The zero-order valence-electron chi connectivity index (χ0n) is 10.3. The van der Waals surface area contributed by atoms with Crippen LogP contribution in [0.2, 0.25) is 0 Å². The second kappa shape index (κ2) is 5.61. The zero-order valence-corrected chi connectivity index (χ0v) is 11.2. The highest BCUT2D eigenvalue weighted by atomic mass is 32.1. The standard InChI is InChI=1S/C13H18F3NS/c1-17-12(9-6-7-18-8-9)10-4-2-3-5-11(10)13(14,15)16/h6-8,10-12,17H,2-5H2,1H3. The maximum absolute atomic E-state index is 13.1. The van der Waals surface area contributed by atoms with Crippen LogP contribution in [0.1, 0.15) is 37.3 Å². The molecule has 1 N–H and O–H groups in total. The fourth-order valence-corrected chi connectivity index (χ4v) is 3.74. The van der Waals surface area contributed by atoms with Gasteiger partial charge in [0.05, 0.1) is 5.92 Å². The molecule has 102 valence electrons. The average molecular weight is 277 g/mol. The molecule has 0 saturated heterocycles. The molecular formula is C13H18F3NS. The molecule has 1 heterocycles. The highest BCUT2D eigenvalue weighted by Crippen LogP contribution is 2.46. The Hall–Kier alpha value is -0.550. The first-order valence-corrected chi connectivity index (χ1v) is 7.24. The lowest BCUT2D eigenvalue weighted by Gasteiger charge is -2.38. The maximum atomic E-state index is 13.1. The molecule has 1 fully saturated rings. The topological polar surface area (TPSA) is 12.0 Å². The monoisotopic (exact) mass is 277 g/mol. The molecule has 0 radical (unpaired) electrons. The molecule has 1 nitrogen and oxygen atoms in total. The predicted molar refractivity (Wildman–Crippen MR) is 67.6 cm³/mol. The van der Waals surface area contributed by atoms with Gasteiger partial charge in [-0.3, -0.25) is 0 Å². The minimum absolute atomic E-state index is 0.178. The van der Waals surface area contributed by atoms with E-state index in [0.717, 1.165) is 12.0 Å². The summed E-state index contributed by atoms with van der Waals surface area (Å²) in [5.74, 6) is -1.50.